The molecule has 7 heterocycles. The van der Waals surface area contributed by atoms with E-state index in [0.717, 1.165) is 50.0 Å². The summed E-state index contributed by atoms with van der Waals surface area (Å²) < 4.78 is 142. The third-order valence-corrected chi connectivity index (χ3v) is 21.6. The van der Waals surface area contributed by atoms with Gasteiger partial charge in [-0.15, -0.1) is 0 Å². The Kier molecular flexibility index (Phi) is 20.6. The van der Waals surface area contributed by atoms with Crippen molar-refractivity contribution < 1.29 is 76.6 Å². The highest BCUT2D eigenvalue weighted by atomic mass is 32.2. The Balaban J connectivity index is 0.000000138. The van der Waals surface area contributed by atoms with E-state index in [0.29, 0.717) is 61.9 Å². The van der Waals surface area contributed by atoms with E-state index < -0.39 is 47.1 Å². The molecule has 0 spiro atoms. The smallest absolute Gasteiger partial charge is 0.325 e. The summed E-state index contributed by atoms with van der Waals surface area (Å²) >= 11 is 0. The zero-order valence-electron chi connectivity index (χ0n) is 53.5. The van der Waals surface area contributed by atoms with Crippen LogP contribution in [0, 0.1) is 51.0 Å². The van der Waals surface area contributed by atoms with E-state index in [2.05, 4.69) is 4.98 Å². The predicted molar refractivity (Wildman–Crippen MR) is 362 cm³/mol. The van der Waals surface area contributed by atoms with Gasteiger partial charge in [0.15, 0.2) is 35.3 Å². The van der Waals surface area contributed by atoms with Crippen molar-refractivity contribution in [2.45, 2.75) is 82.3 Å². The van der Waals surface area contributed by atoms with Crippen LogP contribution >= 0.6 is 0 Å². The SMILES string of the molecule is CCOC(=O)Cn1c(C)c(C2=CCS(=O)(=O)c3ccccc32)c2cc(F)ccc21.CCOC(=O)Cn1c(C)cc2cc(F)ccc21.Cc1c(C2=CCS(=O)(=O)c3ccccc32)c2cc(F)ccc2n1CC(=O)O.Cc1cc2cc(F)ccc2[nH]1.O=C1CCS(=O)(=O)c2ccccc21. The van der Waals surface area contributed by atoms with Gasteiger partial charge in [0, 0.05) is 101 Å². The summed E-state index contributed by atoms with van der Waals surface area (Å²) in [5.41, 5.74) is 10.8. The molecule has 3 aliphatic heterocycles. The van der Waals surface area contributed by atoms with E-state index in [1.54, 1.807) is 133 Å². The molecule has 24 heteroatoms. The van der Waals surface area contributed by atoms with Gasteiger partial charge in [0.25, 0.3) is 0 Å². The Morgan fingerprint density at radius 2 is 0.918 bits per heavy atom. The zero-order valence-corrected chi connectivity index (χ0v) is 55.9. The van der Waals surface area contributed by atoms with Gasteiger partial charge >= 0.3 is 17.9 Å². The summed E-state index contributed by atoms with van der Waals surface area (Å²) in [6, 6.07) is 41.5. The molecule has 0 unspecified atom stereocenters. The number of esters is 2. The highest BCUT2D eigenvalue weighted by Crippen LogP contribution is 2.42. The summed E-state index contributed by atoms with van der Waals surface area (Å²) in [4.78, 5) is 50.0. The van der Waals surface area contributed by atoms with Gasteiger partial charge < -0.3 is 33.3 Å². The lowest BCUT2D eigenvalue weighted by Crippen LogP contribution is -2.20. The predicted octanol–water partition coefficient (Wildman–Crippen LogP) is 13.6. The highest BCUT2D eigenvalue weighted by molar-refractivity contribution is 7.92. The molecule has 0 aliphatic carbocycles. The molecule has 502 valence electrons. The molecule has 0 bridgehead atoms. The third-order valence-electron chi connectivity index (χ3n) is 16.5. The number of aromatic amines is 1. The number of aliphatic carboxylic acids is 1. The van der Waals surface area contributed by atoms with Crippen molar-refractivity contribution in [2.24, 2.45) is 0 Å². The van der Waals surface area contributed by atoms with Crippen LogP contribution in [0.4, 0.5) is 17.6 Å². The lowest BCUT2D eigenvalue weighted by Gasteiger charge is -2.19. The number of ketones is 1. The minimum absolute atomic E-state index is 0.00493. The number of aromatic nitrogens is 4. The van der Waals surface area contributed by atoms with E-state index in [9.17, 15) is 67.1 Å². The van der Waals surface area contributed by atoms with Crippen molar-refractivity contribution in [3.05, 3.63) is 244 Å². The molecular weight excluding hydrogens is 1310 g/mol. The lowest BCUT2D eigenvalue weighted by molar-refractivity contribution is -0.144. The Morgan fingerprint density at radius 1 is 0.495 bits per heavy atom. The Morgan fingerprint density at radius 3 is 1.40 bits per heavy atom. The van der Waals surface area contributed by atoms with Crippen molar-refractivity contribution in [3.8, 4) is 0 Å². The number of aryl methyl sites for hydroxylation is 2. The molecule has 3 aliphatic rings. The van der Waals surface area contributed by atoms with Gasteiger partial charge in [0.05, 0.1) is 45.2 Å². The van der Waals surface area contributed by atoms with Gasteiger partial charge in [-0.25, -0.2) is 42.8 Å². The minimum Gasteiger partial charge on any atom is -0.480 e. The molecule has 97 heavy (non-hydrogen) atoms. The Labute approximate surface area is 556 Å². The van der Waals surface area contributed by atoms with E-state index >= 15 is 0 Å². The maximum atomic E-state index is 14.1. The molecule has 17 nitrogen and oxygen atoms in total. The van der Waals surface area contributed by atoms with Crippen LogP contribution in [0.3, 0.4) is 0 Å². The van der Waals surface area contributed by atoms with Gasteiger partial charge in [-0.2, -0.15) is 0 Å². The first-order chi connectivity index (χ1) is 46.1. The fraction of sp³-hybridized carbons (Fsp3) is 0.205. The Hall–Kier alpha value is -10.2. The highest BCUT2D eigenvalue weighted by Gasteiger charge is 2.32. The molecule has 0 saturated heterocycles. The topological polar surface area (TPSA) is 240 Å². The number of H-pyrrole nitrogens is 1. The maximum Gasteiger partial charge on any atom is 0.325 e. The normalized spacial score (nSPS) is 14.5. The number of ether oxygens (including phenoxy) is 2. The lowest BCUT2D eigenvalue weighted by atomic mass is 9.95. The molecule has 0 saturated carbocycles. The number of nitrogens with one attached hydrogen (secondary N) is 1. The van der Waals surface area contributed by atoms with Crippen LogP contribution in [0.25, 0.3) is 54.8 Å². The second-order valence-electron chi connectivity index (χ2n) is 23.0. The van der Waals surface area contributed by atoms with Crippen molar-refractivity contribution >= 4 is 108 Å². The molecular formula is C73H66F4N4O13S3. The zero-order chi connectivity index (χ0) is 69.8. The molecule has 4 aromatic heterocycles. The average molecular weight is 1380 g/mol. The summed E-state index contributed by atoms with van der Waals surface area (Å²) in [6.45, 7) is 11.5. The number of nitrogens with zero attached hydrogens (tertiary/aromatic N) is 3. The quantitative estimate of drug-likeness (QED) is 0.0958. The van der Waals surface area contributed by atoms with Gasteiger partial charge in [0.1, 0.15) is 42.9 Å². The number of Topliss-reactive ketones (excluding diaryl/α,β-unsaturated/α-hetero) is 1. The number of benzene rings is 7. The fourth-order valence-electron chi connectivity index (χ4n) is 12.3. The second-order valence-corrected chi connectivity index (χ2v) is 29.0. The van der Waals surface area contributed by atoms with Crippen LogP contribution in [0.15, 0.2) is 185 Å². The molecule has 2 N–H and O–H groups in total. The molecule has 7 aromatic carbocycles. The fourth-order valence-corrected chi connectivity index (χ4v) is 16.5. The molecule has 11 aromatic rings. The first kappa shape index (κ1) is 69.7. The van der Waals surface area contributed by atoms with Gasteiger partial charge in [-0.05, 0) is 156 Å². The number of hydrogen-bond acceptors (Lipinski definition) is 12. The van der Waals surface area contributed by atoms with Gasteiger partial charge in [-0.3, -0.25) is 19.2 Å². The molecule has 0 radical (unpaired) electrons. The standard InChI is InChI=1S/C22H20FNO4S.C20H16FNO4S.C13H14FNO2.C9H8FN.C9H8O3S/c1-3-28-21(25)13-24-14(2)22(18-12-15(23)8-9-19(18)24)17-10-11-29(26,27)20-7-5-4-6-16(17)20;1-12-20(15-8-9-27(25,26)18-5-3-2-4-14(15)18)16-10-13(21)6-7-17(16)22(12)11-19(23)24;1-3-17-13(16)8-15-9(2)6-10-7-11(14)4-5-12(10)15;1-6-4-7-5-8(10)2-3-9(7)11-6;10-8-5-6-13(11,12)9-4-2-1-3-7(8)9/h4-10,12H,3,11,13H2,1-2H3;2-8,10H,9,11H2,1H3,(H,23,24);4-7H,3,8H2,1-2H3;2-5,11H,1H3;1-4H,5-6H2. The Bertz CT molecular complexity index is 5390. The summed E-state index contributed by atoms with van der Waals surface area (Å²) in [7, 11) is -10.0. The third kappa shape index (κ3) is 15.0. The number of carboxylic acid groups (broad SMARTS) is 1. The molecule has 0 atom stereocenters. The molecule has 0 amide bonds. The molecule has 0 fully saturated rings. The number of halogens is 4. The number of fused-ring (bicyclic) bond motifs is 7. The average Bonchev–Trinajstić information content (AvgIpc) is 1.65. The number of hydrogen-bond donors (Lipinski definition) is 2. The van der Waals surface area contributed by atoms with Crippen molar-refractivity contribution in [3.63, 3.8) is 0 Å². The van der Waals surface area contributed by atoms with E-state index in [-0.39, 0.29) is 94.0 Å². The number of carbonyl (C=O) groups is 4. The van der Waals surface area contributed by atoms with E-state index in [1.807, 2.05) is 37.5 Å². The van der Waals surface area contributed by atoms with E-state index in [1.165, 1.54) is 54.6 Å². The first-order valence-electron chi connectivity index (χ1n) is 30.6. The van der Waals surface area contributed by atoms with Crippen molar-refractivity contribution in [1.82, 2.24) is 18.7 Å². The van der Waals surface area contributed by atoms with Crippen LogP contribution in [0.2, 0.25) is 0 Å². The summed E-state index contributed by atoms with van der Waals surface area (Å²) in [6.07, 6.45) is 3.40. The van der Waals surface area contributed by atoms with Crippen molar-refractivity contribution in [1.29, 1.82) is 0 Å². The first-order valence-corrected chi connectivity index (χ1v) is 35.6. The van der Waals surface area contributed by atoms with Crippen LogP contribution in [-0.2, 0) is 73.0 Å². The van der Waals surface area contributed by atoms with Crippen molar-refractivity contribution in [2.75, 3.05) is 30.5 Å². The minimum atomic E-state index is -3.42. The van der Waals surface area contributed by atoms with Crippen LogP contribution in [0.1, 0.15) is 75.7 Å². The van der Waals surface area contributed by atoms with Crippen LogP contribution in [0.5, 0.6) is 0 Å². The summed E-state index contributed by atoms with van der Waals surface area (Å²) in [5, 5.41) is 12.2. The largest absolute Gasteiger partial charge is 0.480 e. The van der Waals surface area contributed by atoms with Crippen LogP contribution in [-0.4, -0.2) is 103 Å². The number of carbonyl (C=O) groups excluding carboxylic acids is 3. The maximum absolute atomic E-state index is 14.1. The molecule has 14 rings (SSSR count). The van der Waals surface area contributed by atoms with Crippen LogP contribution < -0.4 is 0 Å². The number of sulfone groups is 3. The number of rotatable bonds is 10. The van der Waals surface area contributed by atoms with Gasteiger partial charge in [0.2, 0.25) is 0 Å². The second kappa shape index (κ2) is 28.6. The van der Waals surface area contributed by atoms with Gasteiger partial charge in [-0.1, -0.05) is 66.7 Å². The van der Waals surface area contributed by atoms with E-state index in [4.69, 9.17) is 9.47 Å². The number of carboxylic acids is 1. The monoisotopic (exact) mass is 1380 g/mol. The summed E-state index contributed by atoms with van der Waals surface area (Å²) in [5.74, 6) is -3.38.